The molecule has 0 radical (unpaired) electrons. The summed E-state index contributed by atoms with van der Waals surface area (Å²) in [4.78, 5) is 22.2. The molecule has 0 fully saturated rings. The van der Waals surface area contributed by atoms with Crippen LogP contribution in [0.3, 0.4) is 0 Å². The van der Waals surface area contributed by atoms with E-state index in [0.717, 1.165) is 55.5 Å². The number of ether oxygens (including phenoxy) is 2. The van der Waals surface area contributed by atoms with Gasteiger partial charge in [0, 0.05) is 35.4 Å². The van der Waals surface area contributed by atoms with Gasteiger partial charge in [-0.2, -0.15) is 22.9 Å². The maximum Gasteiger partial charge on any atom is 2.00 e. The molecule has 0 unspecified atom stereocenters. The molecule has 0 aliphatic heterocycles. The summed E-state index contributed by atoms with van der Waals surface area (Å²) in [6.07, 6.45) is 6.64. The second-order valence-corrected chi connectivity index (χ2v) is 11.9. The summed E-state index contributed by atoms with van der Waals surface area (Å²) in [6.45, 7) is 8.16. The molecule has 0 saturated carbocycles. The maximum atomic E-state index is 6.31. The molecule has 4 heterocycles. The predicted octanol–water partition coefficient (Wildman–Crippen LogP) is 9.11. The van der Waals surface area contributed by atoms with Gasteiger partial charge in [-0.3, -0.25) is 0 Å². The quantitative estimate of drug-likeness (QED) is 0.117. The zero-order valence-corrected chi connectivity index (χ0v) is 31.7. The van der Waals surface area contributed by atoms with Crippen molar-refractivity contribution in [3.05, 3.63) is 144 Å². The molecule has 0 atom stereocenters. The minimum absolute atomic E-state index is 0. The number of aromatic nitrogens is 6. The van der Waals surface area contributed by atoms with E-state index in [-0.39, 0.29) is 41.5 Å². The number of aryl methyl sites for hydroxylation is 4. The SMILES string of the molecule is Cc1cnc(-c2[c-]c(Oc3[c-]c4c(cc3)c3ccc(Oc5[c-]c(-c6ncc(C)cc6C)ccc5)[c-]c3n4-c3ncncn3)ccc2)c(C)c1.[Pd+2].[Pt+2]. The fraction of sp³-hybridized carbons (Fsp3) is 0.0976. The van der Waals surface area contributed by atoms with Crippen LogP contribution in [0.4, 0.5) is 0 Å². The van der Waals surface area contributed by atoms with Crippen molar-refractivity contribution in [3.63, 3.8) is 0 Å². The zero-order chi connectivity index (χ0) is 33.5. The molecule has 0 aliphatic rings. The molecule has 0 spiro atoms. The van der Waals surface area contributed by atoms with E-state index in [1.54, 1.807) is 0 Å². The third-order valence-corrected chi connectivity index (χ3v) is 8.13. The van der Waals surface area contributed by atoms with Gasteiger partial charge in [-0.15, -0.1) is 71.8 Å². The van der Waals surface area contributed by atoms with Crippen LogP contribution in [0.1, 0.15) is 22.3 Å². The van der Waals surface area contributed by atoms with E-state index in [0.29, 0.717) is 40.0 Å². The fourth-order valence-electron chi connectivity index (χ4n) is 6.02. The van der Waals surface area contributed by atoms with E-state index < -0.39 is 0 Å². The summed E-state index contributed by atoms with van der Waals surface area (Å²) < 4.78 is 14.5. The molecule has 254 valence electrons. The molecular formula is C41H28N6O2PdPt. The Hall–Kier alpha value is -5.06. The molecule has 10 heteroatoms. The Morgan fingerprint density at radius 2 is 1.00 bits per heavy atom. The fourth-order valence-corrected chi connectivity index (χ4v) is 6.02. The molecule has 8 nitrogen and oxygen atoms in total. The van der Waals surface area contributed by atoms with Gasteiger partial charge in [0.05, 0.1) is 0 Å². The number of fused-ring (bicyclic) bond motifs is 3. The van der Waals surface area contributed by atoms with Crippen molar-refractivity contribution in [2.75, 3.05) is 0 Å². The molecule has 0 aliphatic carbocycles. The van der Waals surface area contributed by atoms with Crippen molar-refractivity contribution in [3.8, 4) is 51.5 Å². The molecule has 8 aromatic rings. The smallest absolute Gasteiger partial charge is 0.503 e. The average molecular weight is 938 g/mol. The molecule has 0 saturated heterocycles. The first-order chi connectivity index (χ1) is 23.9. The molecule has 0 bridgehead atoms. The Labute approximate surface area is 323 Å². The van der Waals surface area contributed by atoms with Gasteiger partial charge in [-0.1, -0.05) is 46.4 Å². The van der Waals surface area contributed by atoms with Gasteiger partial charge in [0.15, 0.2) is 0 Å². The normalized spacial score (nSPS) is 10.8. The Balaban J connectivity index is 0.00000224. The van der Waals surface area contributed by atoms with Gasteiger partial charge in [-0.05, 0) is 50.2 Å². The molecule has 0 amide bonds. The first kappa shape index (κ1) is 35.8. The summed E-state index contributed by atoms with van der Waals surface area (Å²) >= 11 is 0. The summed E-state index contributed by atoms with van der Waals surface area (Å²) in [5.74, 6) is 2.54. The number of hydrogen-bond acceptors (Lipinski definition) is 7. The van der Waals surface area contributed by atoms with Gasteiger partial charge >= 0.3 is 41.5 Å². The number of hydrogen-bond donors (Lipinski definition) is 0. The Morgan fingerprint density at radius 3 is 1.45 bits per heavy atom. The Bertz CT molecular complexity index is 2370. The summed E-state index contributed by atoms with van der Waals surface area (Å²) in [5.41, 5.74) is 9.24. The summed E-state index contributed by atoms with van der Waals surface area (Å²) in [5, 5.41) is 1.86. The van der Waals surface area contributed by atoms with E-state index >= 15 is 0 Å². The number of pyridine rings is 2. The summed E-state index contributed by atoms with van der Waals surface area (Å²) in [6, 6.07) is 37.2. The molecule has 51 heavy (non-hydrogen) atoms. The second-order valence-electron chi connectivity index (χ2n) is 11.9. The van der Waals surface area contributed by atoms with Crippen LogP contribution in [0, 0.1) is 52.0 Å². The van der Waals surface area contributed by atoms with Gasteiger partial charge in [0.25, 0.3) is 0 Å². The Morgan fingerprint density at radius 1 is 0.549 bits per heavy atom. The first-order valence-electron chi connectivity index (χ1n) is 15.7. The van der Waals surface area contributed by atoms with Crippen molar-refractivity contribution in [2.45, 2.75) is 27.7 Å². The van der Waals surface area contributed by atoms with E-state index in [2.05, 4.69) is 61.3 Å². The topological polar surface area (TPSA) is 87.8 Å². The number of rotatable bonds is 7. The van der Waals surface area contributed by atoms with Crippen molar-refractivity contribution >= 4 is 21.8 Å². The van der Waals surface area contributed by atoms with Crippen LogP contribution in [-0.2, 0) is 41.5 Å². The monoisotopic (exact) mass is 937 g/mol. The number of benzene rings is 4. The van der Waals surface area contributed by atoms with Crippen LogP contribution in [0.5, 0.6) is 23.0 Å². The van der Waals surface area contributed by atoms with Gasteiger partial charge in [0.2, 0.25) is 5.95 Å². The third kappa shape index (κ3) is 7.25. The van der Waals surface area contributed by atoms with Crippen LogP contribution in [0.25, 0.3) is 50.3 Å². The number of nitrogens with zero attached hydrogens (tertiary/aromatic N) is 6. The van der Waals surface area contributed by atoms with Gasteiger partial charge < -0.3 is 24.0 Å². The largest absolute Gasteiger partial charge is 2.00 e. The molecule has 8 rings (SSSR count). The minimum Gasteiger partial charge on any atom is -0.503 e. The van der Waals surface area contributed by atoms with Crippen molar-refractivity contribution in [1.29, 1.82) is 0 Å². The molecule has 4 aromatic carbocycles. The zero-order valence-electron chi connectivity index (χ0n) is 27.9. The van der Waals surface area contributed by atoms with E-state index in [9.17, 15) is 0 Å². The average Bonchev–Trinajstić information content (AvgIpc) is 3.41. The van der Waals surface area contributed by atoms with E-state index in [1.807, 2.05) is 105 Å². The van der Waals surface area contributed by atoms with Crippen molar-refractivity contribution in [1.82, 2.24) is 29.5 Å². The Kier molecular flexibility index (Phi) is 10.5. The van der Waals surface area contributed by atoms with E-state index in [1.165, 1.54) is 12.7 Å². The van der Waals surface area contributed by atoms with Crippen LogP contribution in [-0.4, -0.2) is 29.5 Å². The van der Waals surface area contributed by atoms with Gasteiger partial charge in [-0.25, -0.2) is 15.0 Å². The van der Waals surface area contributed by atoms with Crippen molar-refractivity contribution < 1.29 is 51.0 Å². The standard InChI is InChI=1S/C41H28N6O2.Pd.Pt/c1-25-15-27(3)39(43-21-25)29-7-5-9-31(17-29)48-33-11-13-35-36-14-12-34(20-38(36)47(37(35)19-33)41-45-23-42-24-46-41)49-32-10-6-8-30(18-32)40-28(4)16-26(2)22-44-40;;/h5-16,21-24H,1-4H3;;/q-4;2*+2. The van der Waals surface area contributed by atoms with Crippen LogP contribution in [0.2, 0.25) is 0 Å². The predicted molar refractivity (Wildman–Crippen MR) is 188 cm³/mol. The van der Waals surface area contributed by atoms with Crippen LogP contribution in [0.15, 0.2) is 97.8 Å². The summed E-state index contributed by atoms with van der Waals surface area (Å²) in [7, 11) is 0. The minimum atomic E-state index is 0. The molecule has 4 aromatic heterocycles. The van der Waals surface area contributed by atoms with Crippen LogP contribution >= 0.6 is 0 Å². The second kappa shape index (κ2) is 15.0. The first-order valence-corrected chi connectivity index (χ1v) is 15.7. The van der Waals surface area contributed by atoms with Crippen LogP contribution < -0.4 is 9.47 Å². The molecular weight excluding hydrogens is 910 g/mol. The van der Waals surface area contributed by atoms with Gasteiger partial charge in [0.1, 0.15) is 12.7 Å². The maximum absolute atomic E-state index is 6.31. The van der Waals surface area contributed by atoms with E-state index in [4.69, 9.17) is 9.47 Å². The van der Waals surface area contributed by atoms with Crippen molar-refractivity contribution in [2.24, 2.45) is 0 Å². The third-order valence-electron chi connectivity index (χ3n) is 8.13. The molecule has 0 N–H and O–H groups in total.